The fourth-order valence-electron chi connectivity index (χ4n) is 1.63. The number of nitrogens with one attached hydrogen (secondary N) is 1. The first-order chi connectivity index (χ1) is 6.85. The molecule has 0 amide bonds. The Morgan fingerprint density at radius 2 is 1.86 bits per heavy atom. The van der Waals surface area contributed by atoms with E-state index in [1.165, 1.54) is 50.3 Å². The van der Waals surface area contributed by atoms with E-state index >= 15 is 0 Å². The molecule has 1 N–H and O–H groups in total. The fourth-order valence-corrected chi connectivity index (χ4v) is 2.42. The standard InChI is InChI=1S/C12H27NS/c1-4-7-12(8-10-14-6-3)11-13-9-5-2/h12-13H,4-11H2,1-3H3. The summed E-state index contributed by atoms with van der Waals surface area (Å²) in [7, 11) is 0. The van der Waals surface area contributed by atoms with Crippen molar-refractivity contribution in [1.29, 1.82) is 0 Å². The minimum absolute atomic E-state index is 0.908. The van der Waals surface area contributed by atoms with Gasteiger partial charge in [-0.2, -0.15) is 11.8 Å². The molecule has 0 rings (SSSR count). The molecule has 2 heteroatoms. The van der Waals surface area contributed by atoms with Crippen molar-refractivity contribution in [2.45, 2.75) is 46.5 Å². The van der Waals surface area contributed by atoms with Crippen molar-refractivity contribution in [2.75, 3.05) is 24.6 Å². The second-order valence-electron chi connectivity index (χ2n) is 3.84. The van der Waals surface area contributed by atoms with E-state index in [0.717, 1.165) is 5.92 Å². The average molecular weight is 217 g/mol. The van der Waals surface area contributed by atoms with Crippen LogP contribution in [0.3, 0.4) is 0 Å². The van der Waals surface area contributed by atoms with Crippen LogP contribution in [0.4, 0.5) is 0 Å². The molecule has 0 aromatic heterocycles. The van der Waals surface area contributed by atoms with Crippen LogP contribution >= 0.6 is 11.8 Å². The highest BCUT2D eigenvalue weighted by atomic mass is 32.2. The van der Waals surface area contributed by atoms with Gasteiger partial charge in [0.05, 0.1) is 0 Å². The number of rotatable bonds is 10. The quantitative estimate of drug-likeness (QED) is 0.562. The van der Waals surface area contributed by atoms with Crippen molar-refractivity contribution >= 4 is 11.8 Å². The summed E-state index contributed by atoms with van der Waals surface area (Å²) in [4.78, 5) is 0. The van der Waals surface area contributed by atoms with Gasteiger partial charge >= 0.3 is 0 Å². The molecule has 0 saturated carbocycles. The maximum Gasteiger partial charge on any atom is -0.00202 e. The summed E-state index contributed by atoms with van der Waals surface area (Å²) in [6.45, 7) is 9.18. The largest absolute Gasteiger partial charge is 0.316 e. The van der Waals surface area contributed by atoms with Crippen LogP contribution in [0.25, 0.3) is 0 Å². The average Bonchev–Trinajstić information content (AvgIpc) is 2.18. The monoisotopic (exact) mass is 217 g/mol. The Morgan fingerprint density at radius 3 is 2.43 bits per heavy atom. The molecule has 14 heavy (non-hydrogen) atoms. The van der Waals surface area contributed by atoms with Gasteiger partial charge in [0.25, 0.3) is 0 Å². The zero-order valence-corrected chi connectivity index (χ0v) is 11.0. The van der Waals surface area contributed by atoms with E-state index in [2.05, 4.69) is 37.8 Å². The Labute approximate surface area is 94.4 Å². The first-order valence-electron chi connectivity index (χ1n) is 6.13. The molecule has 86 valence electrons. The van der Waals surface area contributed by atoms with Crippen LogP contribution in [0.15, 0.2) is 0 Å². The second kappa shape index (κ2) is 11.4. The third-order valence-corrected chi connectivity index (χ3v) is 3.36. The molecule has 0 radical (unpaired) electrons. The second-order valence-corrected chi connectivity index (χ2v) is 5.24. The van der Waals surface area contributed by atoms with E-state index in [9.17, 15) is 0 Å². The molecular formula is C12H27NS. The molecule has 0 saturated heterocycles. The van der Waals surface area contributed by atoms with Crippen LogP contribution in [-0.2, 0) is 0 Å². The highest BCUT2D eigenvalue weighted by Gasteiger charge is 2.06. The van der Waals surface area contributed by atoms with Crippen molar-refractivity contribution in [1.82, 2.24) is 5.32 Å². The molecule has 0 spiro atoms. The Hall–Kier alpha value is 0.310. The summed E-state index contributed by atoms with van der Waals surface area (Å²) < 4.78 is 0. The smallest absolute Gasteiger partial charge is 0.00202 e. The van der Waals surface area contributed by atoms with Crippen molar-refractivity contribution in [3.8, 4) is 0 Å². The summed E-state index contributed by atoms with van der Waals surface area (Å²) in [5.74, 6) is 3.52. The maximum absolute atomic E-state index is 3.54. The Balaban J connectivity index is 3.44. The number of hydrogen-bond donors (Lipinski definition) is 1. The van der Waals surface area contributed by atoms with Crippen molar-refractivity contribution in [3.63, 3.8) is 0 Å². The molecule has 0 aliphatic carbocycles. The van der Waals surface area contributed by atoms with Gasteiger partial charge in [-0.25, -0.2) is 0 Å². The van der Waals surface area contributed by atoms with Crippen LogP contribution in [0, 0.1) is 5.92 Å². The summed E-state index contributed by atoms with van der Waals surface area (Å²) in [5.41, 5.74) is 0. The lowest BCUT2D eigenvalue weighted by atomic mass is 10.0. The maximum atomic E-state index is 3.54. The molecule has 0 aliphatic rings. The van der Waals surface area contributed by atoms with E-state index in [-0.39, 0.29) is 0 Å². The lowest BCUT2D eigenvalue weighted by molar-refractivity contribution is 0.432. The van der Waals surface area contributed by atoms with Crippen molar-refractivity contribution in [2.24, 2.45) is 5.92 Å². The van der Waals surface area contributed by atoms with E-state index in [1.807, 2.05) is 0 Å². The molecule has 0 fully saturated rings. The molecule has 0 aliphatic heterocycles. The predicted molar refractivity (Wildman–Crippen MR) is 69.2 cm³/mol. The molecule has 0 bridgehead atoms. The lowest BCUT2D eigenvalue weighted by Crippen LogP contribution is -2.24. The summed E-state index contributed by atoms with van der Waals surface area (Å²) >= 11 is 2.07. The normalized spacial score (nSPS) is 13.1. The topological polar surface area (TPSA) is 12.0 Å². The van der Waals surface area contributed by atoms with Gasteiger partial charge in [-0.05, 0) is 49.8 Å². The highest BCUT2D eigenvalue weighted by Crippen LogP contribution is 2.14. The van der Waals surface area contributed by atoms with Crippen LogP contribution < -0.4 is 5.32 Å². The van der Waals surface area contributed by atoms with Crippen LogP contribution in [0.5, 0.6) is 0 Å². The van der Waals surface area contributed by atoms with Crippen molar-refractivity contribution in [3.05, 3.63) is 0 Å². The first kappa shape index (κ1) is 14.3. The molecule has 0 aromatic rings. The van der Waals surface area contributed by atoms with E-state index in [4.69, 9.17) is 0 Å². The van der Waals surface area contributed by atoms with Crippen LogP contribution in [-0.4, -0.2) is 24.6 Å². The van der Waals surface area contributed by atoms with Gasteiger partial charge in [0.15, 0.2) is 0 Å². The third kappa shape index (κ3) is 8.89. The molecule has 1 nitrogen and oxygen atoms in total. The zero-order valence-electron chi connectivity index (χ0n) is 10.1. The van der Waals surface area contributed by atoms with E-state index < -0.39 is 0 Å². The van der Waals surface area contributed by atoms with Gasteiger partial charge in [-0.3, -0.25) is 0 Å². The van der Waals surface area contributed by atoms with Gasteiger partial charge < -0.3 is 5.32 Å². The predicted octanol–water partition coefficient (Wildman–Crippen LogP) is 3.55. The highest BCUT2D eigenvalue weighted by molar-refractivity contribution is 7.99. The SMILES string of the molecule is CCCNCC(CCC)CCSCC. The van der Waals surface area contributed by atoms with Gasteiger partial charge in [-0.1, -0.05) is 27.2 Å². The molecule has 1 unspecified atom stereocenters. The first-order valence-corrected chi connectivity index (χ1v) is 7.29. The Kier molecular flexibility index (Phi) is 11.6. The summed E-state index contributed by atoms with van der Waals surface area (Å²) in [6, 6.07) is 0. The van der Waals surface area contributed by atoms with Gasteiger partial charge in [0.1, 0.15) is 0 Å². The Bertz CT molecular complexity index is 96.5. The summed E-state index contributed by atoms with van der Waals surface area (Å²) in [5, 5.41) is 3.54. The zero-order chi connectivity index (χ0) is 10.6. The summed E-state index contributed by atoms with van der Waals surface area (Å²) in [6.07, 6.45) is 5.36. The van der Waals surface area contributed by atoms with Crippen molar-refractivity contribution < 1.29 is 0 Å². The van der Waals surface area contributed by atoms with Gasteiger partial charge in [0.2, 0.25) is 0 Å². The van der Waals surface area contributed by atoms with Gasteiger partial charge in [0, 0.05) is 0 Å². The van der Waals surface area contributed by atoms with Crippen LogP contribution in [0.2, 0.25) is 0 Å². The molecule has 0 aromatic carbocycles. The van der Waals surface area contributed by atoms with E-state index in [0.29, 0.717) is 0 Å². The minimum atomic E-state index is 0.908. The number of thioether (sulfide) groups is 1. The molecule has 0 heterocycles. The Morgan fingerprint density at radius 1 is 1.07 bits per heavy atom. The number of hydrogen-bond acceptors (Lipinski definition) is 2. The molecule has 1 atom stereocenters. The van der Waals surface area contributed by atoms with E-state index in [1.54, 1.807) is 0 Å². The minimum Gasteiger partial charge on any atom is -0.316 e. The molecular weight excluding hydrogens is 190 g/mol. The van der Waals surface area contributed by atoms with Gasteiger partial charge in [-0.15, -0.1) is 0 Å². The van der Waals surface area contributed by atoms with Crippen LogP contribution in [0.1, 0.15) is 46.5 Å². The fraction of sp³-hybridized carbons (Fsp3) is 1.00. The lowest BCUT2D eigenvalue weighted by Gasteiger charge is -2.16. The third-order valence-electron chi connectivity index (χ3n) is 2.43.